The maximum Gasteiger partial charge on any atom is 0.271 e. The van der Waals surface area contributed by atoms with Crippen LogP contribution < -0.4 is 21.3 Å². The minimum absolute atomic E-state index is 0.0417. The molecule has 0 fully saturated rings. The fraction of sp³-hybridized carbons (Fsp3) is 0.441. The molecule has 0 saturated heterocycles. The predicted molar refractivity (Wildman–Crippen MR) is 187 cm³/mol. The molecule has 3 aromatic rings. The molecule has 262 valence electrons. The number of fused-ring (bicyclic) bond motifs is 2. The lowest BCUT2D eigenvalue weighted by atomic mass is 10.0. The number of nitrogens with one attached hydrogen (secondary N) is 4. The summed E-state index contributed by atoms with van der Waals surface area (Å²) < 4.78 is 0. The van der Waals surface area contributed by atoms with Crippen molar-refractivity contribution in [3.05, 3.63) is 73.9 Å². The highest BCUT2D eigenvalue weighted by Crippen LogP contribution is 2.23. The van der Waals surface area contributed by atoms with Gasteiger partial charge >= 0.3 is 0 Å². The third-order valence-electron chi connectivity index (χ3n) is 8.15. The van der Waals surface area contributed by atoms with Gasteiger partial charge in [-0.2, -0.15) is 0 Å². The van der Waals surface area contributed by atoms with Gasteiger partial charge in [-0.1, -0.05) is 44.2 Å². The molecule has 0 saturated carbocycles. The highest BCUT2D eigenvalue weighted by atomic mass is 32.1. The lowest BCUT2D eigenvalue weighted by Crippen LogP contribution is -2.57. The third-order valence-corrected chi connectivity index (χ3v) is 10.1. The first-order valence-corrected chi connectivity index (χ1v) is 17.8. The number of hydrogen-bond donors (Lipinski definition) is 4. The average Bonchev–Trinajstić information content (AvgIpc) is 3.73. The normalized spacial score (nSPS) is 22.1. The second-order valence-electron chi connectivity index (χ2n) is 12.5. The molecular formula is C34H43N7O6S2. The van der Waals surface area contributed by atoms with Gasteiger partial charge in [0.1, 0.15) is 28.8 Å². The van der Waals surface area contributed by atoms with Gasteiger partial charge in [0, 0.05) is 25.5 Å². The zero-order valence-corrected chi connectivity index (χ0v) is 30.1. The van der Waals surface area contributed by atoms with Crippen LogP contribution in [0.5, 0.6) is 0 Å². The zero-order chi connectivity index (χ0) is 35.8. The Labute approximate surface area is 293 Å². The Morgan fingerprint density at radius 2 is 1.63 bits per heavy atom. The van der Waals surface area contributed by atoms with Gasteiger partial charge in [0.15, 0.2) is 0 Å². The lowest BCUT2D eigenvalue weighted by Gasteiger charge is -2.29. The molecule has 0 spiro atoms. The number of nitrogens with zero attached hydrogens (tertiary/aromatic N) is 3. The van der Waals surface area contributed by atoms with E-state index in [1.54, 1.807) is 31.7 Å². The monoisotopic (exact) mass is 709 g/mol. The maximum absolute atomic E-state index is 13.7. The largest absolute Gasteiger partial charge is 0.345 e. The van der Waals surface area contributed by atoms with Crippen LogP contribution in [-0.2, 0) is 25.6 Å². The fourth-order valence-corrected chi connectivity index (χ4v) is 6.97. The predicted octanol–water partition coefficient (Wildman–Crippen LogP) is 2.29. The van der Waals surface area contributed by atoms with Crippen molar-refractivity contribution in [3.63, 3.8) is 0 Å². The Morgan fingerprint density at radius 1 is 0.918 bits per heavy atom. The van der Waals surface area contributed by atoms with Crippen LogP contribution in [0.15, 0.2) is 47.2 Å². The van der Waals surface area contributed by atoms with Crippen molar-refractivity contribution in [2.75, 3.05) is 26.7 Å². The molecule has 15 heteroatoms. The molecule has 4 rings (SSSR count). The summed E-state index contributed by atoms with van der Waals surface area (Å²) in [5, 5.41) is 14.8. The van der Waals surface area contributed by atoms with Crippen LogP contribution in [0.3, 0.4) is 0 Å². The zero-order valence-electron chi connectivity index (χ0n) is 28.4. The molecule has 2 bridgehead atoms. The SMILES string of the molecule is Cc1ccsc1C(=O)N1CCN(C)C(=O)[C@@H](C)NC(=O)[C@H](C(C)C)NC(=O)[C@H](C)NC(=O)c2csc(n2)[C@H](Cc2ccccc2)NC(=O)C1. The van der Waals surface area contributed by atoms with Crippen LogP contribution in [-0.4, -0.2) is 95.0 Å². The van der Waals surface area contributed by atoms with Crippen molar-refractivity contribution in [1.82, 2.24) is 36.1 Å². The highest BCUT2D eigenvalue weighted by molar-refractivity contribution is 7.12. The molecule has 4 atom stereocenters. The molecular weight excluding hydrogens is 667 g/mol. The minimum atomic E-state index is -1.01. The summed E-state index contributed by atoms with van der Waals surface area (Å²) in [6, 6.07) is 7.73. The van der Waals surface area contributed by atoms with Crippen LogP contribution in [0.1, 0.15) is 70.0 Å². The second-order valence-corrected chi connectivity index (χ2v) is 14.3. The van der Waals surface area contributed by atoms with E-state index in [2.05, 4.69) is 26.3 Å². The number of rotatable bonds is 4. The lowest BCUT2D eigenvalue weighted by molar-refractivity contribution is -0.136. The number of hydrogen-bond acceptors (Lipinski definition) is 9. The van der Waals surface area contributed by atoms with Crippen molar-refractivity contribution in [1.29, 1.82) is 0 Å². The molecule has 49 heavy (non-hydrogen) atoms. The molecule has 4 N–H and O–H groups in total. The molecule has 3 heterocycles. The number of thiophene rings is 1. The number of amides is 6. The Kier molecular flexibility index (Phi) is 12.6. The molecule has 1 aliphatic heterocycles. The summed E-state index contributed by atoms with van der Waals surface area (Å²) >= 11 is 2.46. The maximum atomic E-state index is 13.7. The van der Waals surface area contributed by atoms with E-state index in [9.17, 15) is 28.8 Å². The summed E-state index contributed by atoms with van der Waals surface area (Å²) in [7, 11) is 1.56. The molecule has 13 nitrogen and oxygen atoms in total. The average molecular weight is 710 g/mol. The summed E-state index contributed by atoms with van der Waals surface area (Å²) in [4.78, 5) is 88.1. The Bertz CT molecular complexity index is 1670. The first-order valence-electron chi connectivity index (χ1n) is 16.0. The third kappa shape index (κ3) is 9.72. The summed E-state index contributed by atoms with van der Waals surface area (Å²) in [5.41, 5.74) is 1.76. The van der Waals surface area contributed by atoms with Crippen LogP contribution in [0.25, 0.3) is 0 Å². The number of likely N-dealkylation sites (N-methyl/N-ethyl adjacent to an activating group) is 1. The van der Waals surface area contributed by atoms with Crippen LogP contribution >= 0.6 is 22.7 Å². The van der Waals surface area contributed by atoms with Gasteiger partial charge in [-0.25, -0.2) is 4.98 Å². The summed E-state index contributed by atoms with van der Waals surface area (Å²) in [6.45, 7) is 8.19. The molecule has 0 unspecified atom stereocenters. The van der Waals surface area contributed by atoms with E-state index in [0.29, 0.717) is 16.3 Å². The standard InChI is InChI=1S/C34H43N7O6S2/c1-19(2)27-31(45)36-22(5)33(46)40(6)13-14-41(34(47)28-20(3)12-15-48-28)17-26(42)37-24(16-23-10-8-7-9-11-23)32-38-25(18-49-32)30(44)35-21(4)29(43)39-27/h7-12,15,18-19,21-22,24,27H,13-14,16-17H2,1-6H3,(H,35,44)(H,36,45)(H,37,42)(H,39,43)/t21-,22+,24-,27-/m0/s1. The van der Waals surface area contributed by atoms with Crippen molar-refractivity contribution < 1.29 is 28.8 Å². The van der Waals surface area contributed by atoms with E-state index in [-0.39, 0.29) is 37.2 Å². The van der Waals surface area contributed by atoms with E-state index >= 15 is 0 Å². The van der Waals surface area contributed by atoms with Gasteiger partial charge in [0.25, 0.3) is 11.8 Å². The molecule has 2 aromatic heterocycles. The number of thiazole rings is 1. The van der Waals surface area contributed by atoms with Gasteiger partial charge in [0.05, 0.1) is 17.5 Å². The quantitative estimate of drug-likeness (QED) is 0.322. The van der Waals surface area contributed by atoms with Gasteiger partial charge in [0.2, 0.25) is 23.6 Å². The van der Waals surface area contributed by atoms with Crippen molar-refractivity contribution >= 4 is 58.1 Å². The van der Waals surface area contributed by atoms with Gasteiger partial charge in [-0.3, -0.25) is 28.8 Å². The number of carbonyl (C=O) groups excluding carboxylic acids is 6. The van der Waals surface area contributed by atoms with Gasteiger partial charge < -0.3 is 31.1 Å². The van der Waals surface area contributed by atoms with Crippen LogP contribution in [0, 0.1) is 12.8 Å². The molecule has 1 aliphatic rings. The van der Waals surface area contributed by atoms with Crippen molar-refractivity contribution in [2.24, 2.45) is 5.92 Å². The van der Waals surface area contributed by atoms with Crippen molar-refractivity contribution in [3.8, 4) is 0 Å². The summed E-state index contributed by atoms with van der Waals surface area (Å²) in [5.74, 6) is -3.29. The number of carbonyl (C=O) groups is 6. The first kappa shape index (κ1) is 37.2. The number of aromatic nitrogens is 1. The van der Waals surface area contributed by atoms with Crippen LogP contribution in [0.2, 0.25) is 0 Å². The minimum Gasteiger partial charge on any atom is -0.345 e. The smallest absolute Gasteiger partial charge is 0.271 e. The molecule has 0 aliphatic carbocycles. The van der Waals surface area contributed by atoms with Gasteiger partial charge in [-0.15, -0.1) is 22.7 Å². The van der Waals surface area contributed by atoms with Gasteiger partial charge in [-0.05, 0) is 55.7 Å². The fourth-order valence-electron chi connectivity index (χ4n) is 5.23. The van der Waals surface area contributed by atoms with E-state index in [1.807, 2.05) is 43.3 Å². The highest BCUT2D eigenvalue weighted by Gasteiger charge is 2.31. The molecule has 0 radical (unpaired) electrons. The summed E-state index contributed by atoms with van der Waals surface area (Å²) in [6.07, 6.45) is 0.366. The van der Waals surface area contributed by atoms with Crippen LogP contribution in [0.4, 0.5) is 0 Å². The van der Waals surface area contributed by atoms with E-state index < -0.39 is 53.7 Å². The molecule has 6 amide bonds. The second kappa shape index (κ2) is 16.7. The first-order chi connectivity index (χ1) is 23.2. The Balaban J connectivity index is 1.69. The van der Waals surface area contributed by atoms with E-state index in [4.69, 9.17) is 0 Å². The van der Waals surface area contributed by atoms with Crippen molar-refractivity contribution in [2.45, 2.75) is 65.2 Å². The van der Waals surface area contributed by atoms with E-state index in [1.165, 1.54) is 46.3 Å². The molecule has 1 aromatic carbocycles. The Hall–Kier alpha value is -4.63. The number of aryl methyl sites for hydroxylation is 1. The Morgan fingerprint density at radius 3 is 2.29 bits per heavy atom. The number of benzene rings is 1. The van der Waals surface area contributed by atoms with E-state index in [0.717, 1.165) is 11.1 Å². The topological polar surface area (TPSA) is 170 Å².